The zero-order valence-corrected chi connectivity index (χ0v) is 13.8. The number of ether oxygens (including phenoxy) is 2. The summed E-state index contributed by atoms with van der Waals surface area (Å²) < 4.78 is 50.6. The van der Waals surface area contributed by atoms with Crippen molar-refractivity contribution in [3.8, 4) is 11.5 Å². The van der Waals surface area contributed by atoms with E-state index in [9.17, 15) is 18.0 Å². The van der Waals surface area contributed by atoms with Crippen LogP contribution in [0.1, 0.15) is 39.5 Å². The molecule has 0 atom stereocenters. The fourth-order valence-electron chi connectivity index (χ4n) is 2.90. The van der Waals surface area contributed by atoms with Crippen molar-refractivity contribution in [1.29, 1.82) is 0 Å². The number of allylic oxidation sites excluding steroid dienone is 2. The van der Waals surface area contributed by atoms with Gasteiger partial charge in [0, 0.05) is 0 Å². The summed E-state index contributed by atoms with van der Waals surface area (Å²) in [4.78, 5) is 12.1. The van der Waals surface area contributed by atoms with Crippen LogP contribution in [0.5, 0.6) is 11.5 Å². The lowest BCUT2D eigenvalue weighted by atomic mass is 9.82. The molecule has 0 aliphatic heterocycles. The molecule has 1 aliphatic rings. The molecule has 1 fully saturated rings. The molecule has 0 spiro atoms. The van der Waals surface area contributed by atoms with Crippen molar-refractivity contribution in [2.75, 3.05) is 6.61 Å². The number of hydrogen-bond donors (Lipinski definition) is 0. The van der Waals surface area contributed by atoms with Gasteiger partial charge in [0.1, 0.15) is 0 Å². The summed E-state index contributed by atoms with van der Waals surface area (Å²) in [6.07, 6.45) is 3.97. The molecular weight excluding hydrogens is 321 g/mol. The van der Waals surface area contributed by atoms with E-state index in [1.165, 1.54) is 19.1 Å². The Kier molecular flexibility index (Phi) is 6.29. The van der Waals surface area contributed by atoms with Crippen molar-refractivity contribution in [2.45, 2.75) is 39.5 Å². The van der Waals surface area contributed by atoms with Gasteiger partial charge in [0.05, 0.1) is 18.4 Å². The van der Waals surface area contributed by atoms with Crippen LogP contribution in [0.2, 0.25) is 0 Å². The van der Waals surface area contributed by atoms with Gasteiger partial charge in [0.25, 0.3) is 0 Å². The second-order valence-electron chi connectivity index (χ2n) is 5.91. The highest BCUT2D eigenvalue weighted by Crippen LogP contribution is 2.33. The molecule has 24 heavy (non-hydrogen) atoms. The molecule has 0 bridgehead atoms. The molecule has 132 valence electrons. The number of halogens is 3. The summed E-state index contributed by atoms with van der Waals surface area (Å²) in [7, 11) is 0. The molecule has 0 N–H and O–H groups in total. The van der Waals surface area contributed by atoms with Crippen LogP contribution in [-0.4, -0.2) is 12.6 Å². The fourth-order valence-corrected chi connectivity index (χ4v) is 2.90. The van der Waals surface area contributed by atoms with E-state index in [0.717, 1.165) is 0 Å². The topological polar surface area (TPSA) is 35.5 Å². The minimum absolute atomic E-state index is 0.110. The van der Waals surface area contributed by atoms with E-state index in [4.69, 9.17) is 9.47 Å². The first kappa shape index (κ1) is 18.4. The molecule has 6 heteroatoms. The lowest BCUT2D eigenvalue weighted by Gasteiger charge is -2.25. The van der Waals surface area contributed by atoms with Crippen molar-refractivity contribution >= 4 is 5.97 Å². The standard InChI is InChI=1S/C18H21F3O3/c1-3-23-14-8-9-15(17(21)16(14)20)24-18(22)13-6-4-12(5-7-13)10-11(2)19/h8-10,12-13H,3-7H2,1-2H3/b11-10-. The number of rotatable bonds is 5. The molecule has 3 nitrogen and oxygen atoms in total. The minimum Gasteiger partial charge on any atom is -0.491 e. The monoisotopic (exact) mass is 342 g/mol. The van der Waals surface area contributed by atoms with Crippen LogP contribution in [0, 0.1) is 23.5 Å². The summed E-state index contributed by atoms with van der Waals surface area (Å²) in [5.41, 5.74) is 0. The van der Waals surface area contributed by atoms with E-state index in [2.05, 4.69) is 0 Å². The molecule has 0 saturated heterocycles. The third kappa shape index (κ3) is 4.52. The lowest BCUT2D eigenvalue weighted by molar-refractivity contribution is -0.140. The van der Waals surface area contributed by atoms with E-state index >= 15 is 0 Å². The highest BCUT2D eigenvalue weighted by molar-refractivity contribution is 5.75. The third-order valence-corrected chi connectivity index (χ3v) is 4.09. The van der Waals surface area contributed by atoms with Crippen molar-refractivity contribution in [3.63, 3.8) is 0 Å². The van der Waals surface area contributed by atoms with Gasteiger partial charge in [-0.1, -0.05) is 6.08 Å². The highest BCUT2D eigenvalue weighted by atomic mass is 19.2. The summed E-state index contributed by atoms with van der Waals surface area (Å²) in [5, 5.41) is 0. The quantitative estimate of drug-likeness (QED) is 0.561. The zero-order valence-electron chi connectivity index (χ0n) is 13.8. The van der Waals surface area contributed by atoms with Crippen molar-refractivity contribution < 1.29 is 27.4 Å². The Bertz CT molecular complexity index is 616. The Morgan fingerprint density at radius 2 is 1.75 bits per heavy atom. The average molecular weight is 342 g/mol. The Morgan fingerprint density at radius 1 is 1.17 bits per heavy atom. The highest BCUT2D eigenvalue weighted by Gasteiger charge is 2.28. The summed E-state index contributed by atoms with van der Waals surface area (Å²) in [6, 6.07) is 2.42. The molecule has 0 aromatic heterocycles. The minimum atomic E-state index is -1.24. The molecule has 0 radical (unpaired) electrons. The summed E-state index contributed by atoms with van der Waals surface area (Å²) in [5.74, 6) is -4.16. The van der Waals surface area contributed by atoms with Gasteiger partial charge in [-0.25, -0.2) is 4.39 Å². The van der Waals surface area contributed by atoms with E-state index in [0.29, 0.717) is 25.7 Å². The van der Waals surface area contributed by atoms with Crippen molar-refractivity contribution in [1.82, 2.24) is 0 Å². The van der Waals surface area contributed by atoms with Gasteiger partial charge in [-0.3, -0.25) is 4.79 Å². The lowest BCUT2D eigenvalue weighted by Crippen LogP contribution is -2.25. The normalized spacial score (nSPS) is 21.5. The summed E-state index contributed by atoms with van der Waals surface area (Å²) in [6.45, 7) is 3.25. The van der Waals surface area contributed by atoms with E-state index in [1.54, 1.807) is 13.0 Å². The molecular formula is C18H21F3O3. The number of esters is 1. The van der Waals surface area contributed by atoms with Gasteiger partial charge in [-0.15, -0.1) is 0 Å². The van der Waals surface area contributed by atoms with Crippen LogP contribution in [0.3, 0.4) is 0 Å². The second-order valence-corrected chi connectivity index (χ2v) is 5.91. The number of carbonyl (C=O) groups excluding carboxylic acids is 1. The van der Waals surface area contributed by atoms with Crippen molar-refractivity contribution in [3.05, 3.63) is 35.7 Å². The van der Waals surface area contributed by atoms with Gasteiger partial charge < -0.3 is 9.47 Å². The maximum atomic E-state index is 13.9. The maximum Gasteiger partial charge on any atom is 0.314 e. The first-order chi connectivity index (χ1) is 11.4. The van der Waals surface area contributed by atoms with Crippen LogP contribution in [0.4, 0.5) is 13.2 Å². The van der Waals surface area contributed by atoms with Crippen LogP contribution >= 0.6 is 0 Å². The smallest absolute Gasteiger partial charge is 0.314 e. The fraction of sp³-hybridized carbons (Fsp3) is 0.500. The maximum absolute atomic E-state index is 13.9. The predicted octanol–water partition coefficient (Wildman–Crippen LogP) is 4.95. The molecule has 0 heterocycles. The number of hydrogen-bond acceptors (Lipinski definition) is 3. The Balaban J connectivity index is 1.98. The average Bonchev–Trinajstić information content (AvgIpc) is 2.54. The Labute approximate surface area is 139 Å². The first-order valence-electron chi connectivity index (χ1n) is 8.08. The molecule has 1 aliphatic carbocycles. The molecule has 0 unspecified atom stereocenters. The first-order valence-corrected chi connectivity index (χ1v) is 8.08. The zero-order chi connectivity index (χ0) is 17.7. The van der Waals surface area contributed by atoms with Gasteiger partial charge in [-0.2, -0.15) is 8.78 Å². The second kappa shape index (κ2) is 8.22. The predicted molar refractivity (Wildman–Crippen MR) is 83.5 cm³/mol. The SMILES string of the molecule is CCOc1ccc(OC(=O)C2CCC(/C=C(/C)F)CC2)c(F)c1F. The molecule has 1 saturated carbocycles. The number of carbonyl (C=O) groups is 1. The Morgan fingerprint density at radius 3 is 2.33 bits per heavy atom. The van der Waals surface area contributed by atoms with Crippen LogP contribution in [-0.2, 0) is 4.79 Å². The van der Waals surface area contributed by atoms with Gasteiger partial charge in [-0.05, 0) is 57.6 Å². The van der Waals surface area contributed by atoms with Crippen LogP contribution in [0.25, 0.3) is 0 Å². The van der Waals surface area contributed by atoms with E-state index in [1.807, 2.05) is 0 Å². The summed E-state index contributed by atoms with van der Waals surface area (Å²) >= 11 is 0. The van der Waals surface area contributed by atoms with Gasteiger partial charge >= 0.3 is 5.97 Å². The number of benzene rings is 1. The van der Waals surface area contributed by atoms with Gasteiger partial charge in [0.15, 0.2) is 11.5 Å². The van der Waals surface area contributed by atoms with Crippen LogP contribution < -0.4 is 9.47 Å². The largest absolute Gasteiger partial charge is 0.491 e. The van der Waals surface area contributed by atoms with Gasteiger partial charge in [0.2, 0.25) is 11.6 Å². The van der Waals surface area contributed by atoms with Crippen molar-refractivity contribution in [2.24, 2.45) is 11.8 Å². The van der Waals surface area contributed by atoms with E-state index in [-0.39, 0.29) is 30.0 Å². The molecule has 2 rings (SSSR count). The third-order valence-electron chi connectivity index (χ3n) is 4.09. The van der Waals surface area contributed by atoms with Crippen LogP contribution in [0.15, 0.2) is 24.0 Å². The molecule has 0 amide bonds. The molecule has 1 aromatic rings. The Hall–Kier alpha value is -1.98. The van der Waals surface area contributed by atoms with E-state index < -0.39 is 23.4 Å². The molecule has 1 aromatic carbocycles.